The van der Waals surface area contributed by atoms with E-state index in [4.69, 9.17) is 0 Å². The van der Waals surface area contributed by atoms with E-state index in [1.54, 1.807) is 24.5 Å². The number of hydrogen-bond donors (Lipinski definition) is 2. The molecule has 0 saturated carbocycles. The zero-order valence-corrected chi connectivity index (χ0v) is 11.7. The van der Waals surface area contributed by atoms with Gasteiger partial charge in [0, 0.05) is 25.6 Å². The lowest BCUT2D eigenvalue weighted by molar-refractivity contribution is 0.0936. The number of imidazole rings is 1. The number of rotatable bonds is 4. The molecule has 0 unspecified atom stereocenters. The lowest BCUT2D eigenvalue weighted by Gasteiger charge is -2.18. The first-order chi connectivity index (χ1) is 10.3. The van der Waals surface area contributed by atoms with Gasteiger partial charge in [-0.25, -0.2) is 4.98 Å². The zero-order chi connectivity index (χ0) is 14.7. The fourth-order valence-corrected chi connectivity index (χ4v) is 2.28. The number of hydrogen-bond acceptors (Lipinski definition) is 2. The van der Waals surface area contributed by atoms with Gasteiger partial charge in [0.25, 0.3) is 5.91 Å². The molecule has 2 heterocycles. The van der Waals surface area contributed by atoms with Crippen molar-refractivity contribution in [3.05, 3.63) is 78.1 Å². The first-order valence-corrected chi connectivity index (χ1v) is 6.72. The molecule has 21 heavy (non-hydrogen) atoms. The monoisotopic (exact) mass is 280 g/mol. The van der Waals surface area contributed by atoms with Crippen LogP contribution in [0.15, 0.2) is 61.1 Å². The molecule has 2 N–H and O–H groups in total. The number of carbonyl (C=O) groups excluding carboxylic acids is 1. The Morgan fingerprint density at radius 1 is 1.24 bits per heavy atom. The van der Waals surface area contributed by atoms with E-state index in [-0.39, 0.29) is 11.9 Å². The second kappa shape index (κ2) is 5.66. The third-order valence-corrected chi connectivity index (χ3v) is 3.37. The van der Waals surface area contributed by atoms with Crippen molar-refractivity contribution >= 4 is 5.91 Å². The van der Waals surface area contributed by atoms with Gasteiger partial charge in [0.15, 0.2) is 0 Å². The molecule has 0 aliphatic carbocycles. The third kappa shape index (κ3) is 2.72. The summed E-state index contributed by atoms with van der Waals surface area (Å²) in [5.74, 6) is 0.637. The SMILES string of the molecule is Cn1ccnc1[C@H](NC(=O)c1ccc[nH]1)c1ccccc1. The Hall–Kier alpha value is -2.82. The molecule has 1 aromatic carbocycles. The van der Waals surface area contributed by atoms with E-state index in [1.165, 1.54) is 0 Å². The molecule has 1 amide bonds. The van der Waals surface area contributed by atoms with Gasteiger partial charge in [-0.2, -0.15) is 0 Å². The Morgan fingerprint density at radius 2 is 2.05 bits per heavy atom. The van der Waals surface area contributed by atoms with Crippen LogP contribution in [0.1, 0.15) is 27.9 Å². The van der Waals surface area contributed by atoms with Crippen LogP contribution in [0.4, 0.5) is 0 Å². The summed E-state index contributed by atoms with van der Waals surface area (Å²) in [5.41, 5.74) is 1.52. The van der Waals surface area contributed by atoms with Crippen molar-refractivity contribution in [2.24, 2.45) is 7.05 Å². The average Bonchev–Trinajstić information content (AvgIpc) is 3.17. The average molecular weight is 280 g/mol. The van der Waals surface area contributed by atoms with Crippen LogP contribution in [-0.4, -0.2) is 20.4 Å². The maximum absolute atomic E-state index is 12.3. The lowest BCUT2D eigenvalue weighted by Crippen LogP contribution is -2.31. The van der Waals surface area contributed by atoms with Crippen LogP contribution >= 0.6 is 0 Å². The summed E-state index contributed by atoms with van der Waals surface area (Å²) < 4.78 is 1.91. The fourth-order valence-electron chi connectivity index (χ4n) is 2.28. The van der Waals surface area contributed by atoms with Crippen LogP contribution in [0.3, 0.4) is 0 Å². The van der Waals surface area contributed by atoms with Crippen LogP contribution in [-0.2, 0) is 7.05 Å². The van der Waals surface area contributed by atoms with Crippen molar-refractivity contribution in [1.29, 1.82) is 0 Å². The Balaban J connectivity index is 1.94. The molecule has 0 aliphatic rings. The molecular formula is C16H16N4O. The minimum absolute atomic E-state index is 0.156. The van der Waals surface area contributed by atoms with E-state index in [2.05, 4.69) is 15.3 Å². The number of benzene rings is 1. The predicted octanol–water partition coefficient (Wildman–Crippen LogP) is 2.27. The molecule has 5 nitrogen and oxygen atoms in total. The highest BCUT2D eigenvalue weighted by Crippen LogP contribution is 2.20. The van der Waals surface area contributed by atoms with Crippen molar-refractivity contribution in [2.45, 2.75) is 6.04 Å². The number of aromatic amines is 1. The summed E-state index contributed by atoms with van der Waals surface area (Å²) in [6.07, 6.45) is 5.32. The number of H-pyrrole nitrogens is 1. The normalized spacial score (nSPS) is 12.0. The first-order valence-electron chi connectivity index (χ1n) is 6.72. The molecule has 1 atom stereocenters. The molecule has 3 aromatic rings. The number of carbonyl (C=O) groups is 1. The Morgan fingerprint density at radius 3 is 2.67 bits per heavy atom. The third-order valence-electron chi connectivity index (χ3n) is 3.37. The molecule has 106 valence electrons. The van der Waals surface area contributed by atoms with Crippen LogP contribution < -0.4 is 5.32 Å². The quantitative estimate of drug-likeness (QED) is 0.770. The van der Waals surface area contributed by atoms with Gasteiger partial charge in [0.2, 0.25) is 0 Å². The molecule has 0 fully saturated rings. The van der Waals surface area contributed by atoms with Crippen molar-refractivity contribution in [2.75, 3.05) is 0 Å². The minimum atomic E-state index is -0.290. The number of aromatic nitrogens is 3. The van der Waals surface area contributed by atoms with Gasteiger partial charge in [0.05, 0.1) is 0 Å². The standard InChI is InChI=1S/C16H16N4O/c1-20-11-10-18-15(20)14(12-6-3-2-4-7-12)19-16(21)13-8-5-9-17-13/h2-11,14,17H,1H3,(H,19,21)/t14-/m1/s1. The van der Waals surface area contributed by atoms with Crippen LogP contribution in [0, 0.1) is 0 Å². The largest absolute Gasteiger partial charge is 0.357 e. The highest BCUT2D eigenvalue weighted by Gasteiger charge is 2.21. The van der Waals surface area contributed by atoms with Crippen molar-refractivity contribution in [3.63, 3.8) is 0 Å². The molecule has 0 bridgehead atoms. The van der Waals surface area contributed by atoms with Crippen LogP contribution in [0.25, 0.3) is 0 Å². The molecule has 0 saturated heterocycles. The predicted molar refractivity (Wildman–Crippen MR) is 79.8 cm³/mol. The summed E-state index contributed by atoms with van der Waals surface area (Å²) in [6.45, 7) is 0. The molecule has 0 radical (unpaired) electrons. The smallest absolute Gasteiger partial charge is 0.268 e. The number of aryl methyl sites for hydroxylation is 1. The molecule has 3 rings (SSSR count). The Labute approximate surface area is 122 Å². The van der Waals surface area contributed by atoms with Crippen LogP contribution in [0.5, 0.6) is 0 Å². The highest BCUT2D eigenvalue weighted by atomic mass is 16.1. The fraction of sp³-hybridized carbons (Fsp3) is 0.125. The van der Waals surface area contributed by atoms with E-state index >= 15 is 0 Å². The lowest BCUT2D eigenvalue weighted by atomic mass is 10.1. The molecule has 2 aromatic heterocycles. The number of nitrogens with zero attached hydrogens (tertiary/aromatic N) is 2. The van der Waals surface area contributed by atoms with E-state index in [0.717, 1.165) is 11.4 Å². The Bertz CT molecular complexity index is 716. The summed E-state index contributed by atoms with van der Waals surface area (Å²) >= 11 is 0. The zero-order valence-electron chi connectivity index (χ0n) is 11.7. The van der Waals surface area contributed by atoms with Gasteiger partial charge >= 0.3 is 0 Å². The summed E-state index contributed by atoms with van der Waals surface area (Å²) in [6, 6.07) is 13.1. The minimum Gasteiger partial charge on any atom is -0.357 e. The van der Waals surface area contributed by atoms with Gasteiger partial charge in [-0.3, -0.25) is 4.79 Å². The van der Waals surface area contributed by atoms with Gasteiger partial charge in [-0.1, -0.05) is 30.3 Å². The summed E-state index contributed by atoms with van der Waals surface area (Å²) in [4.78, 5) is 19.6. The van der Waals surface area contributed by atoms with Crippen LogP contribution in [0.2, 0.25) is 0 Å². The van der Waals surface area contributed by atoms with Gasteiger partial charge in [0.1, 0.15) is 17.6 Å². The van der Waals surface area contributed by atoms with Crippen molar-refractivity contribution in [1.82, 2.24) is 19.9 Å². The molecular weight excluding hydrogens is 264 g/mol. The summed E-state index contributed by atoms with van der Waals surface area (Å²) in [7, 11) is 1.92. The Kier molecular flexibility index (Phi) is 3.55. The van der Waals surface area contributed by atoms with Gasteiger partial charge < -0.3 is 14.9 Å². The maximum Gasteiger partial charge on any atom is 0.268 e. The maximum atomic E-state index is 12.3. The van der Waals surface area contributed by atoms with Crippen molar-refractivity contribution < 1.29 is 4.79 Å². The second-order valence-corrected chi connectivity index (χ2v) is 4.80. The van der Waals surface area contributed by atoms with Gasteiger partial charge in [-0.05, 0) is 17.7 Å². The number of amides is 1. The summed E-state index contributed by atoms with van der Waals surface area (Å²) in [5, 5.41) is 3.03. The topological polar surface area (TPSA) is 62.7 Å². The van der Waals surface area contributed by atoms with E-state index < -0.39 is 0 Å². The second-order valence-electron chi connectivity index (χ2n) is 4.80. The molecule has 0 spiro atoms. The van der Waals surface area contributed by atoms with E-state index in [1.807, 2.05) is 48.1 Å². The first kappa shape index (κ1) is 13.2. The van der Waals surface area contributed by atoms with Gasteiger partial charge in [-0.15, -0.1) is 0 Å². The van der Waals surface area contributed by atoms with E-state index in [9.17, 15) is 4.79 Å². The molecule has 0 aliphatic heterocycles. The molecule has 5 heteroatoms. The van der Waals surface area contributed by atoms with E-state index in [0.29, 0.717) is 5.69 Å². The highest BCUT2D eigenvalue weighted by molar-refractivity contribution is 5.92. The van der Waals surface area contributed by atoms with Crippen molar-refractivity contribution in [3.8, 4) is 0 Å². The number of nitrogens with one attached hydrogen (secondary N) is 2.